The van der Waals surface area contributed by atoms with Gasteiger partial charge in [0, 0.05) is 18.7 Å². The van der Waals surface area contributed by atoms with Crippen LogP contribution in [0.4, 0.5) is 5.00 Å². The minimum absolute atomic E-state index is 0.0821. The van der Waals surface area contributed by atoms with E-state index >= 15 is 0 Å². The molecule has 1 heterocycles. The van der Waals surface area contributed by atoms with Gasteiger partial charge in [0.15, 0.2) is 0 Å². The highest BCUT2D eigenvalue weighted by molar-refractivity contribution is 7.89. The summed E-state index contributed by atoms with van der Waals surface area (Å²) >= 11 is 1.24. The van der Waals surface area contributed by atoms with Crippen LogP contribution in [0.15, 0.2) is 34.5 Å². The lowest BCUT2D eigenvalue weighted by molar-refractivity contribution is 0.102. The molecule has 1 aromatic heterocycles. The number of thiophene rings is 1. The lowest BCUT2D eigenvalue weighted by Gasteiger charge is -2.19. The van der Waals surface area contributed by atoms with Crippen molar-refractivity contribution in [1.29, 1.82) is 5.26 Å². The van der Waals surface area contributed by atoms with Gasteiger partial charge in [-0.25, -0.2) is 8.42 Å². The van der Waals surface area contributed by atoms with Gasteiger partial charge >= 0.3 is 0 Å². The molecule has 0 radical (unpaired) electrons. The summed E-state index contributed by atoms with van der Waals surface area (Å²) in [5.41, 5.74) is 1.31. The van der Waals surface area contributed by atoms with Gasteiger partial charge in [0.1, 0.15) is 11.1 Å². The van der Waals surface area contributed by atoms with Gasteiger partial charge in [-0.2, -0.15) is 9.57 Å². The van der Waals surface area contributed by atoms with Gasteiger partial charge in [0.05, 0.1) is 10.5 Å². The van der Waals surface area contributed by atoms with E-state index < -0.39 is 15.9 Å². The standard InChI is InChI=1S/C17H19N3O3S2/c1-4-20(5-2)25(22,23)14-7-6-12(3)15(10-14)16(21)19-17-13(11-18)8-9-24-17/h6-10H,4-5H2,1-3H3,(H,19,21). The molecule has 0 aliphatic rings. The normalized spacial score (nSPS) is 11.3. The second kappa shape index (κ2) is 7.78. The molecule has 0 unspecified atom stereocenters. The van der Waals surface area contributed by atoms with Gasteiger partial charge < -0.3 is 5.32 Å². The van der Waals surface area contributed by atoms with Crippen LogP contribution in [-0.2, 0) is 10.0 Å². The maximum Gasteiger partial charge on any atom is 0.256 e. The molecule has 25 heavy (non-hydrogen) atoms. The molecule has 0 aliphatic carbocycles. The SMILES string of the molecule is CCN(CC)S(=O)(=O)c1ccc(C)c(C(=O)Nc2sccc2C#N)c1. The smallest absolute Gasteiger partial charge is 0.256 e. The maximum absolute atomic E-state index is 12.7. The van der Waals surface area contributed by atoms with E-state index in [-0.39, 0.29) is 10.5 Å². The van der Waals surface area contributed by atoms with Crippen LogP contribution in [0.5, 0.6) is 0 Å². The van der Waals surface area contributed by atoms with Crippen LogP contribution in [0.3, 0.4) is 0 Å². The Morgan fingerprint density at radius 2 is 1.96 bits per heavy atom. The Bertz CT molecular complexity index is 923. The number of carbonyl (C=O) groups excluding carboxylic acids is 1. The number of nitrogens with zero attached hydrogens (tertiary/aromatic N) is 2. The number of aryl methyl sites for hydroxylation is 1. The zero-order chi connectivity index (χ0) is 18.6. The van der Waals surface area contributed by atoms with E-state index in [1.165, 1.54) is 27.8 Å². The number of amides is 1. The molecule has 1 amide bonds. The van der Waals surface area contributed by atoms with E-state index in [9.17, 15) is 13.2 Å². The topological polar surface area (TPSA) is 90.3 Å². The molecule has 132 valence electrons. The molecule has 0 saturated heterocycles. The first-order valence-corrected chi connectivity index (χ1v) is 10.1. The predicted octanol–water partition coefficient (Wildman–Crippen LogP) is 3.21. The number of sulfonamides is 1. The minimum Gasteiger partial charge on any atom is -0.312 e. The second-order valence-electron chi connectivity index (χ2n) is 5.30. The summed E-state index contributed by atoms with van der Waals surface area (Å²) in [7, 11) is -3.65. The maximum atomic E-state index is 12.7. The zero-order valence-electron chi connectivity index (χ0n) is 14.2. The average Bonchev–Trinajstić information content (AvgIpc) is 3.02. The Morgan fingerprint density at radius 3 is 2.56 bits per heavy atom. The highest BCUT2D eigenvalue weighted by atomic mass is 32.2. The number of carbonyl (C=O) groups is 1. The molecule has 0 bridgehead atoms. The lowest BCUT2D eigenvalue weighted by Crippen LogP contribution is -2.30. The summed E-state index contributed by atoms with van der Waals surface area (Å²) in [6.07, 6.45) is 0. The third-order valence-electron chi connectivity index (χ3n) is 3.81. The molecule has 0 aliphatic heterocycles. The average molecular weight is 377 g/mol. The molecule has 8 heteroatoms. The van der Waals surface area contributed by atoms with Gasteiger partial charge in [0.25, 0.3) is 5.91 Å². The molecule has 2 rings (SSSR count). The van der Waals surface area contributed by atoms with Crippen molar-refractivity contribution in [1.82, 2.24) is 4.31 Å². The zero-order valence-corrected chi connectivity index (χ0v) is 15.9. The number of nitrogens with one attached hydrogen (secondary N) is 1. The Balaban J connectivity index is 2.40. The van der Waals surface area contributed by atoms with Crippen LogP contribution in [0.2, 0.25) is 0 Å². The summed E-state index contributed by atoms with van der Waals surface area (Å²) in [4.78, 5) is 12.6. The summed E-state index contributed by atoms with van der Waals surface area (Å²) in [5, 5.41) is 13.9. The van der Waals surface area contributed by atoms with Crippen molar-refractivity contribution < 1.29 is 13.2 Å². The predicted molar refractivity (Wildman–Crippen MR) is 98.3 cm³/mol. The summed E-state index contributed by atoms with van der Waals surface area (Å²) < 4.78 is 26.6. The fourth-order valence-corrected chi connectivity index (χ4v) is 4.60. The highest BCUT2D eigenvalue weighted by Crippen LogP contribution is 2.25. The van der Waals surface area contributed by atoms with E-state index in [2.05, 4.69) is 5.32 Å². The van der Waals surface area contributed by atoms with E-state index in [4.69, 9.17) is 5.26 Å². The van der Waals surface area contributed by atoms with Crippen molar-refractivity contribution >= 4 is 32.3 Å². The number of rotatable bonds is 6. The first kappa shape index (κ1) is 19.1. The van der Waals surface area contributed by atoms with Gasteiger partial charge in [-0.15, -0.1) is 11.3 Å². The van der Waals surface area contributed by atoms with Crippen molar-refractivity contribution in [2.24, 2.45) is 0 Å². The van der Waals surface area contributed by atoms with Crippen LogP contribution >= 0.6 is 11.3 Å². The van der Waals surface area contributed by atoms with Gasteiger partial charge in [-0.1, -0.05) is 19.9 Å². The third kappa shape index (κ3) is 3.90. The van der Waals surface area contributed by atoms with Crippen LogP contribution in [-0.4, -0.2) is 31.7 Å². The fourth-order valence-electron chi connectivity index (χ4n) is 2.38. The van der Waals surface area contributed by atoms with Crippen molar-refractivity contribution in [2.45, 2.75) is 25.7 Å². The quantitative estimate of drug-likeness (QED) is 0.837. The Labute approximate surface area is 151 Å². The van der Waals surface area contributed by atoms with Crippen molar-refractivity contribution in [3.8, 4) is 6.07 Å². The second-order valence-corrected chi connectivity index (χ2v) is 8.15. The van der Waals surface area contributed by atoms with Crippen molar-refractivity contribution in [2.75, 3.05) is 18.4 Å². The first-order valence-electron chi connectivity index (χ1n) is 7.74. The number of nitriles is 1. The molecule has 0 saturated carbocycles. The molecule has 1 aromatic carbocycles. The monoisotopic (exact) mass is 377 g/mol. The van der Waals surface area contributed by atoms with Crippen molar-refractivity contribution in [3.63, 3.8) is 0 Å². The molecular weight excluding hydrogens is 358 g/mol. The molecule has 0 fully saturated rings. The van der Waals surface area contributed by atoms with Gasteiger partial charge in [-0.05, 0) is 36.1 Å². The van der Waals surface area contributed by atoms with E-state index in [0.717, 1.165) is 0 Å². The molecular formula is C17H19N3O3S2. The number of hydrogen-bond donors (Lipinski definition) is 1. The van der Waals surface area contributed by atoms with Crippen LogP contribution in [0.1, 0.15) is 35.3 Å². The highest BCUT2D eigenvalue weighted by Gasteiger charge is 2.23. The molecule has 0 spiro atoms. The van der Waals surface area contributed by atoms with E-state index in [0.29, 0.717) is 29.2 Å². The minimum atomic E-state index is -3.65. The lowest BCUT2D eigenvalue weighted by atomic mass is 10.1. The molecule has 0 atom stereocenters. The Hall–Kier alpha value is -2.21. The Morgan fingerprint density at radius 1 is 1.28 bits per heavy atom. The number of benzene rings is 1. The van der Waals surface area contributed by atoms with Crippen LogP contribution < -0.4 is 5.32 Å². The van der Waals surface area contributed by atoms with Crippen molar-refractivity contribution in [3.05, 3.63) is 46.3 Å². The summed E-state index contributed by atoms with van der Waals surface area (Å²) in [6, 6.07) is 8.13. The van der Waals surface area contributed by atoms with Crippen LogP contribution in [0.25, 0.3) is 0 Å². The fraction of sp³-hybridized carbons (Fsp3) is 0.294. The van der Waals surface area contributed by atoms with E-state index in [1.807, 2.05) is 6.07 Å². The van der Waals surface area contributed by atoms with Gasteiger partial charge in [0.2, 0.25) is 10.0 Å². The Kier molecular flexibility index (Phi) is 5.95. The van der Waals surface area contributed by atoms with Gasteiger partial charge in [-0.3, -0.25) is 4.79 Å². The summed E-state index contributed by atoms with van der Waals surface area (Å²) in [6.45, 7) is 5.98. The first-order chi connectivity index (χ1) is 11.8. The van der Waals surface area contributed by atoms with E-state index in [1.54, 1.807) is 38.3 Å². The number of anilines is 1. The molecule has 6 nitrogen and oxygen atoms in total. The summed E-state index contributed by atoms with van der Waals surface area (Å²) in [5.74, 6) is -0.437. The largest absolute Gasteiger partial charge is 0.312 e. The number of hydrogen-bond acceptors (Lipinski definition) is 5. The molecule has 1 N–H and O–H groups in total. The third-order valence-corrected chi connectivity index (χ3v) is 6.69. The van der Waals surface area contributed by atoms with Crippen LogP contribution in [0, 0.1) is 18.3 Å². The molecule has 2 aromatic rings.